The average molecular weight is 428 g/mol. The second kappa shape index (κ2) is 8.50. The van der Waals surface area contributed by atoms with E-state index in [9.17, 15) is 18.0 Å². The largest absolute Gasteiger partial charge is 0.416 e. The summed E-state index contributed by atoms with van der Waals surface area (Å²) in [5.41, 5.74) is -0.321. The van der Waals surface area contributed by atoms with Crippen LogP contribution in [0.3, 0.4) is 0 Å². The number of carbonyl (C=O) groups is 1. The van der Waals surface area contributed by atoms with Crippen LogP contribution >= 0.6 is 0 Å². The minimum atomic E-state index is -4.48. The van der Waals surface area contributed by atoms with Crippen molar-refractivity contribution in [3.05, 3.63) is 84.8 Å². The molecule has 0 aliphatic heterocycles. The Balaban J connectivity index is 1.59. The summed E-state index contributed by atoms with van der Waals surface area (Å²) in [5, 5.41) is 7.06. The van der Waals surface area contributed by atoms with Crippen LogP contribution in [0.5, 0.6) is 0 Å². The molecular weight excluding hydrogens is 409 g/mol. The molecule has 1 aromatic carbocycles. The molecule has 3 heterocycles. The number of hydrogen-bond acceptors (Lipinski definition) is 3. The first-order valence-electron chi connectivity index (χ1n) is 9.56. The number of benzene rings is 1. The summed E-state index contributed by atoms with van der Waals surface area (Å²) in [6.07, 6.45) is 6.21. The Labute approximate surface area is 175 Å². The molecule has 1 amide bonds. The summed E-state index contributed by atoms with van der Waals surface area (Å²) in [4.78, 5) is 16.8. The number of aromatic nitrogens is 5. The van der Waals surface area contributed by atoms with Crippen LogP contribution < -0.4 is 5.32 Å². The molecule has 0 spiro atoms. The maximum Gasteiger partial charge on any atom is 0.416 e. The Bertz CT molecular complexity index is 1150. The maximum absolute atomic E-state index is 13.2. The monoisotopic (exact) mass is 428 g/mol. The molecule has 0 fully saturated rings. The lowest BCUT2D eigenvalue weighted by Crippen LogP contribution is -2.26. The molecule has 4 rings (SSSR count). The van der Waals surface area contributed by atoms with E-state index in [4.69, 9.17) is 0 Å². The standard InChI is InChI=1S/C21H19F3N6O/c22-21(23,24)16-5-3-6-17(13-16)30-20(29-10-1-2-11-29)18(14-27-30)19(31)26-7-4-9-28-12-8-25-15-28/h1-3,5-6,8,10-15H,4,7,9H2,(H,26,31). The molecule has 7 nitrogen and oxygen atoms in total. The fourth-order valence-corrected chi connectivity index (χ4v) is 3.21. The highest BCUT2D eigenvalue weighted by Gasteiger charge is 2.31. The van der Waals surface area contributed by atoms with Crippen molar-refractivity contribution < 1.29 is 18.0 Å². The van der Waals surface area contributed by atoms with Crippen LogP contribution in [-0.4, -0.2) is 36.4 Å². The summed E-state index contributed by atoms with van der Waals surface area (Å²) in [5.74, 6) is 0.00370. The molecule has 0 aliphatic rings. The van der Waals surface area contributed by atoms with Crippen LogP contribution in [-0.2, 0) is 12.7 Å². The van der Waals surface area contributed by atoms with Gasteiger partial charge < -0.3 is 14.5 Å². The predicted octanol–water partition coefficient (Wildman–Crippen LogP) is 3.70. The van der Waals surface area contributed by atoms with E-state index in [-0.39, 0.29) is 17.2 Å². The fraction of sp³-hybridized carbons (Fsp3) is 0.190. The Kier molecular flexibility index (Phi) is 5.61. The lowest BCUT2D eigenvalue weighted by Gasteiger charge is -2.13. The van der Waals surface area contributed by atoms with Gasteiger partial charge in [-0.2, -0.15) is 18.3 Å². The second-order valence-corrected chi connectivity index (χ2v) is 6.84. The molecule has 0 saturated carbocycles. The highest BCUT2D eigenvalue weighted by atomic mass is 19.4. The molecule has 4 aromatic rings. The van der Waals surface area contributed by atoms with Gasteiger partial charge in [-0.1, -0.05) is 6.07 Å². The quantitative estimate of drug-likeness (QED) is 0.457. The fourth-order valence-electron chi connectivity index (χ4n) is 3.21. The number of hydrogen-bond donors (Lipinski definition) is 1. The van der Waals surface area contributed by atoms with Gasteiger partial charge in [-0.15, -0.1) is 0 Å². The van der Waals surface area contributed by atoms with E-state index in [2.05, 4.69) is 15.4 Å². The van der Waals surface area contributed by atoms with Crippen molar-refractivity contribution >= 4 is 5.91 Å². The first-order valence-corrected chi connectivity index (χ1v) is 9.56. The molecule has 31 heavy (non-hydrogen) atoms. The molecule has 1 N–H and O–H groups in total. The first kappa shape index (κ1) is 20.5. The van der Waals surface area contributed by atoms with Gasteiger partial charge in [-0.25, -0.2) is 9.67 Å². The molecule has 0 radical (unpaired) electrons. The van der Waals surface area contributed by atoms with E-state index in [0.717, 1.165) is 12.1 Å². The van der Waals surface area contributed by atoms with Gasteiger partial charge in [0.15, 0.2) is 5.82 Å². The van der Waals surface area contributed by atoms with Gasteiger partial charge in [-0.05, 0) is 36.8 Å². The van der Waals surface area contributed by atoms with E-state index < -0.39 is 11.7 Å². The van der Waals surface area contributed by atoms with Crippen molar-refractivity contribution in [2.45, 2.75) is 19.1 Å². The number of amides is 1. The van der Waals surface area contributed by atoms with Gasteiger partial charge in [-0.3, -0.25) is 4.79 Å². The molecule has 3 aromatic heterocycles. The predicted molar refractivity (Wildman–Crippen MR) is 107 cm³/mol. The van der Waals surface area contributed by atoms with Crippen LogP contribution in [0.15, 0.2) is 73.7 Å². The van der Waals surface area contributed by atoms with Crippen LogP contribution in [0.1, 0.15) is 22.3 Å². The summed E-state index contributed by atoms with van der Waals surface area (Å²) in [7, 11) is 0. The number of nitrogens with one attached hydrogen (secondary N) is 1. The van der Waals surface area contributed by atoms with Crippen molar-refractivity contribution in [1.29, 1.82) is 0 Å². The molecule has 0 aliphatic carbocycles. The van der Waals surface area contributed by atoms with Gasteiger partial charge >= 0.3 is 6.18 Å². The molecule has 160 valence electrons. The van der Waals surface area contributed by atoms with Gasteiger partial charge in [0.25, 0.3) is 5.91 Å². The SMILES string of the molecule is O=C(NCCCn1ccnc1)c1cnn(-c2cccc(C(F)(F)F)c2)c1-n1cccc1. The van der Waals surface area contributed by atoms with Gasteiger partial charge in [0.05, 0.1) is 23.8 Å². The van der Waals surface area contributed by atoms with E-state index in [0.29, 0.717) is 25.3 Å². The molecule has 10 heteroatoms. The van der Waals surface area contributed by atoms with Gasteiger partial charge in [0, 0.05) is 37.9 Å². The smallest absolute Gasteiger partial charge is 0.352 e. The zero-order valence-corrected chi connectivity index (χ0v) is 16.3. The van der Waals surface area contributed by atoms with Crippen molar-refractivity contribution in [2.75, 3.05) is 6.54 Å². The van der Waals surface area contributed by atoms with Crippen LogP contribution in [0.4, 0.5) is 13.2 Å². The summed E-state index contributed by atoms with van der Waals surface area (Å²) in [6.45, 7) is 1.13. The minimum absolute atomic E-state index is 0.206. The summed E-state index contributed by atoms with van der Waals surface area (Å²) in [6, 6.07) is 8.35. The number of aryl methyl sites for hydroxylation is 1. The lowest BCUT2D eigenvalue weighted by molar-refractivity contribution is -0.137. The Morgan fingerprint density at radius 3 is 2.61 bits per heavy atom. The highest BCUT2D eigenvalue weighted by molar-refractivity contribution is 5.97. The topological polar surface area (TPSA) is 69.7 Å². The average Bonchev–Trinajstić information content (AvgIpc) is 3.51. The number of nitrogens with zero attached hydrogens (tertiary/aromatic N) is 5. The number of carbonyl (C=O) groups excluding carboxylic acids is 1. The third kappa shape index (κ3) is 4.52. The van der Waals surface area contributed by atoms with E-state index in [1.54, 1.807) is 41.6 Å². The Morgan fingerprint density at radius 1 is 1.10 bits per heavy atom. The zero-order valence-electron chi connectivity index (χ0n) is 16.3. The van der Waals surface area contributed by atoms with Crippen LogP contribution in [0, 0.1) is 0 Å². The van der Waals surface area contributed by atoms with E-state index in [1.807, 2.05) is 10.8 Å². The number of alkyl halides is 3. The van der Waals surface area contributed by atoms with Crippen molar-refractivity contribution in [3.63, 3.8) is 0 Å². The maximum atomic E-state index is 13.2. The Morgan fingerprint density at radius 2 is 1.90 bits per heavy atom. The second-order valence-electron chi connectivity index (χ2n) is 6.84. The van der Waals surface area contributed by atoms with Crippen molar-refractivity contribution in [3.8, 4) is 11.5 Å². The third-order valence-corrected chi connectivity index (χ3v) is 4.69. The normalized spacial score (nSPS) is 11.6. The van der Waals surface area contributed by atoms with Crippen molar-refractivity contribution in [1.82, 2.24) is 29.2 Å². The highest BCUT2D eigenvalue weighted by Crippen LogP contribution is 2.31. The number of halogens is 3. The zero-order chi connectivity index (χ0) is 21.8. The first-order chi connectivity index (χ1) is 14.9. The number of rotatable bonds is 7. The summed E-state index contributed by atoms with van der Waals surface area (Å²) < 4.78 is 44.4. The summed E-state index contributed by atoms with van der Waals surface area (Å²) >= 11 is 0. The molecule has 0 atom stereocenters. The third-order valence-electron chi connectivity index (χ3n) is 4.69. The molecule has 0 unspecified atom stereocenters. The lowest BCUT2D eigenvalue weighted by atomic mass is 10.2. The number of imidazole rings is 1. The Hall–Kier alpha value is -3.82. The van der Waals surface area contributed by atoms with Gasteiger partial charge in [0.1, 0.15) is 5.56 Å². The minimum Gasteiger partial charge on any atom is -0.352 e. The van der Waals surface area contributed by atoms with Crippen LogP contribution in [0.25, 0.3) is 11.5 Å². The van der Waals surface area contributed by atoms with Crippen molar-refractivity contribution in [2.24, 2.45) is 0 Å². The van der Waals surface area contributed by atoms with Crippen LogP contribution in [0.2, 0.25) is 0 Å². The molecule has 0 saturated heterocycles. The molecule has 0 bridgehead atoms. The van der Waals surface area contributed by atoms with E-state index >= 15 is 0 Å². The van der Waals surface area contributed by atoms with Gasteiger partial charge in [0.2, 0.25) is 0 Å². The molecular formula is C21H19F3N6O. The van der Waals surface area contributed by atoms with E-state index in [1.165, 1.54) is 23.0 Å².